The SMILES string of the molecule is CNS(=O)(=O)c1ccc2c(c1)nc(-c1ccc3c(c1)CCO3)n2CCOC. The summed E-state index contributed by atoms with van der Waals surface area (Å²) < 4.78 is 39.5. The number of sulfonamides is 1. The van der Waals surface area contributed by atoms with Gasteiger partial charge in [-0.2, -0.15) is 0 Å². The van der Waals surface area contributed by atoms with Gasteiger partial charge in [0.1, 0.15) is 11.6 Å². The first kappa shape index (κ1) is 18.0. The van der Waals surface area contributed by atoms with E-state index in [9.17, 15) is 8.42 Å². The van der Waals surface area contributed by atoms with Gasteiger partial charge in [0.2, 0.25) is 10.0 Å². The van der Waals surface area contributed by atoms with Crippen LogP contribution < -0.4 is 9.46 Å². The Hall–Kier alpha value is -2.42. The minimum atomic E-state index is -3.52. The van der Waals surface area contributed by atoms with E-state index in [-0.39, 0.29) is 4.90 Å². The van der Waals surface area contributed by atoms with E-state index >= 15 is 0 Å². The molecule has 0 fully saturated rings. The Kier molecular flexibility index (Phi) is 4.63. The normalized spacial score (nSPS) is 13.7. The molecule has 0 aliphatic carbocycles. The van der Waals surface area contributed by atoms with Crippen LogP contribution in [0.2, 0.25) is 0 Å². The number of fused-ring (bicyclic) bond motifs is 2. The van der Waals surface area contributed by atoms with Crippen LogP contribution in [0.5, 0.6) is 5.75 Å². The predicted molar refractivity (Wildman–Crippen MR) is 102 cm³/mol. The Morgan fingerprint density at radius 2 is 2.11 bits per heavy atom. The topological polar surface area (TPSA) is 82.5 Å². The van der Waals surface area contributed by atoms with Crippen molar-refractivity contribution >= 4 is 21.1 Å². The highest BCUT2D eigenvalue weighted by molar-refractivity contribution is 7.89. The molecular weight excluding hydrogens is 366 g/mol. The predicted octanol–water partition coefficient (Wildman–Crippen LogP) is 2.19. The fourth-order valence-electron chi connectivity index (χ4n) is 3.35. The Morgan fingerprint density at radius 1 is 1.26 bits per heavy atom. The molecule has 2 aromatic carbocycles. The zero-order valence-corrected chi connectivity index (χ0v) is 16.0. The lowest BCUT2D eigenvalue weighted by Crippen LogP contribution is -2.18. The molecule has 0 spiro atoms. The summed E-state index contributed by atoms with van der Waals surface area (Å²) in [6.07, 6.45) is 0.881. The van der Waals surface area contributed by atoms with Crippen LogP contribution in [-0.4, -0.2) is 45.3 Å². The Balaban J connectivity index is 1.88. The Labute approximate surface area is 158 Å². The van der Waals surface area contributed by atoms with Crippen molar-refractivity contribution in [3.05, 3.63) is 42.0 Å². The van der Waals surface area contributed by atoms with Gasteiger partial charge in [0.05, 0.1) is 29.1 Å². The largest absolute Gasteiger partial charge is 0.493 e. The maximum atomic E-state index is 12.1. The number of ether oxygens (including phenoxy) is 2. The van der Waals surface area contributed by atoms with Gasteiger partial charge < -0.3 is 14.0 Å². The molecule has 3 aromatic rings. The van der Waals surface area contributed by atoms with Gasteiger partial charge in [-0.25, -0.2) is 18.1 Å². The molecule has 0 atom stereocenters. The molecule has 8 heteroatoms. The third kappa shape index (κ3) is 3.20. The van der Waals surface area contributed by atoms with E-state index in [2.05, 4.69) is 15.4 Å². The van der Waals surface area contributed by atoms with Crippen LogP contribution in [0.15, 0.2) is 41.3 Å². The van der Waals surface area contributed by atoms with Crippen molar-refractivity contribution in [1.82, 2.24) is 14.3 Å². The van der Waals surface area contributed by atoms with Crippen LogP contribution >= 0.6 is 0 Å². The number of methoxy groups -OCH3 is 1. The van der Waals surface area contributed by atoms with Gasteiger partial charge in [0.25, 0.3) is 0 Å². The average Bonchev–Trinajstić information content (AvgIpc) is 3.29. The van der Waals surface area contributed by atoms with Gasteiger partial charge in [-0.3, -0.25) is 0 Å². The summed E-state index contributed by atoms with van der Waals surface area (Å²) in [5, 5.41) is 0. The monoisotopic (exact) mass is 387 g/mol. The van der Waals surface area contributed by atoms with Gasteiger partial charge in [0.15, 0.2) is 0 Å². The smallest absolute Gasteiger partial charge is 0.240 e. The summed E-state index contributed by atoms with van der Waals surface area (Å²) in [6, 6.07) is 11.0. The molecule has 1 aromatic heterocycles. The molecule has 0 unspecified atom stereocenters. The molecule has 1 aliphatic heterocycles. The van der Waals surface area contributed by atoms with Gasteiger partial charge in [-0.05, 0) is 49.0 Å². The van der Waals surface area contributed by atoms with Crippen molar-refractivity contribution in [2.24, 2.45) is 0 Å². The number of aromatic nitrogens is 2. The zero-order chi connectivity index (χ0) is 19.0. The van der Waals surface area contributed by atoms with Gasteiger partial charge >= 0.3 is 0 Å². The van der Waals surface area contributed by atoms with Gasteiger partial charge in [0, 0.05) is 25.6 Å². The van der Waals surface area contributed by atoms with E-state index in [1.807, 2.05) is 12.1 Å². The fourth-order valence-corrected chi connectivity index (χ4v) is 4.10. The number of imidazole rings is 1. The number of nitrogens with one attached hydrogen (secondary N) is 1. The Bertz CT molecular complexity index is 1110. The first-order valence-corrected chi connectivity index (χ1v) is 10.2. The van der Waals surface area contributed by atoms with Crippen molar-refractivity contribution in [2.75, 3.05) is 27.4 Å². The molecule has 2 heterocycles. The molecule has 0 radical (unpaired) electrons. The molecule has 0 bridgehead atoms. The first-order chi connectivity index (χ1) is 13.0. The second-order valence-corrected chi connectivity index (χ2v) is 8.25. The molecule has 0 saturated heterocycles. The number of benzene rings is 2. The van der Waals surface area contributed by atoms with Crippen molar-refractivity contribution < 1.29 is 17.9 Å². The van der Waals surface area contributed by atoms with E-state index < -0.39 is 10.0 Å². The molecule has 0 amide bonds. The molecule has 4 rings (SSSR count). The van der Waals surface area contributed by atoms with Gasteiger partial charge in [-0.1, -0.05) is 0 Å². The second kappa shape index (κ2) is 6.95. The molecule has 27 heavy (non-hydrogen) atoms. The fraction of sp³-hybridized carbons (Fsp3) is 0.316. The molecule has 0 saturated carbocycles. The summed E-state index contributed by atoms with van der Waals surface area (Å²) in [7, 11) is -0.470. The highest BCUT2D eigenvalue weighted by atomic mass is 32.2. The zero-order valence-electron chi connectivity index (χ0n) is 15.2. The Morgan fingerprint density at radius 3 is 2.89 bits per heavy atom. The van der Waals surface area contributed by atoms with Crippen LogP contribution in [0.4, 0.5) is 0 Å². The van der Waals surface area contributed by atoms with Crippen LogP contribution in [0.3, 0.4) is 0 Å². The lowest BCUT2D eigenvalue weighted by molar-refractivity contribution is 0.188. The van der Waals surface area contributed by atoms with E-state index in [4.69, 9.17) is 14.5 Å². The van der Waals surface area contributed by atoms with Crippen molar-refractivity contribution in [2.45, 2.75) is 17.9 Å². The quantitative estimate of drug-likeness (QED) is 0.701. The standard InChI is InChI=1S/C19H21N3O4S/c1-20-27(23,24)15-4-5-17-16(12-15)21-19(22(17)8-10-25-2)14-3-6-18-13(11-14)7-9-26-18/h3-6,11-12,20H,7-10H2,1-2H3. The minimum Gasteiger partial charge on any atom is -0.493 e. The molecule has 7 nitrogen and oxygen atoms in total. The summed E-state index contributed by atoms with van der Waals surface area (Å²) >= 11 is 0. The van der Waals surface area contributed by atoms with E-state index in [0.29, 0.717) is 25.3 Å². The van der Waals surface area contributed by atoms with E-state index in [1.165, 1.54) is 7.05 Å². The maximum Gasteiger partial charge on any atom is 0.240 e. The van der Waals surface area contributed by atoms with Crippen LogP contribution in [0.25, 0.3) is 22.4 Å². The second-order valence-electron chi connectivity index (χ2n) is 6.36. The maximum absolute atomic E-state index is 12.1. The molecule has 1 N–H and O–H groups in total. The summed E-state index contributed by atoms with van der Waals surface area (Å²) in [4.78, 5) is 4.94. The lowest BCUT2D eigenvalue weighted by atomic mass is 10.1. The highest BCUT2D eigenvalue weighted by Crippen LogP contribution is 2.32. The molecular formula is C19H21N3O4S. The van der Waals surface area contributed by atoms with Crippen LogP contribution in [0.1, 0.15) is 5.56 Å². The van der Waals surface area contributed by atoms with Crippen molar-refractivity contribution in [1.29, 1.82) is 0 Å². The average molecular weight is 387 g/mol. The number of hydrogen-bond acceptors (Lipinski definition) is 5. The van der Waals surface area contributed by atoms with Crippen LogP contribution in [0, 0.1) is 0 Å². The van der Waals surface area contributed by atoms with Crippen molar-refractivity contribution in [3.8, 4) is 17.1 Å². The highest BCUT2D eigenvalue weighted by Gasteiger charge is 2.19. The summed E-state index contributed by atoms with van der Waals surface area (Å²) in [5.41, 5.74) is 3.64. The number of hydrogen-bond donors (Lipinski definition) is 1. The minimum absolute atomic E-state index is 0.197. The van der Waals surface area contributed by atoms with E-state index in [1.54, 1.807) is 25.3 Å². The number of rotatable bonds is 6. The third-order valence-electron chi connectivity index (χ3n) is 4.77. The molecule has 1 aliphatic rings. The summed E-state index contributed by atoms with van der Waals surface area (Å²) in [5.74, 6) is 1.71. The van der Waals surface area contributed by atoms with Crippen molar-refractivity contribution in [3.63, 3.8) is 0 Å². The first-order valence-electron chi connectivity index (χ1n) is 8.72. The van der Waals surface area contributed by atoms with Gasteiger partial charge in [-0.15, -0.1) is 0 Å². The molecule has 142 valence electrons. The van der Waals surface area contributed by atoms with Crippen LogP contribution in [-0.2, 0) is 27.7 Å². The number of nitrogens with zero attached hydrogens (tertiary/aromatic N) is 2. The lowest BCUT2D eigenvalue weighted by Gasteiger charge is -2.10. The third-order valence-corrected chi connectivity index (χ3v) is 6.18. The summed E-state index contributed by atoms with van der Waals surface area (Å²) in [6.45, 7) is 1.85. The van der Waals surface area contributed by atoms with E-state index in [0.717, 1.165) is 34.6 Å².